The molecule has 24 heavy (non-hydrogen) atoms. The minimum Gasteiger partial charge on any atom is -0.493 e. The maximum atomic E-state index is 13.0. The number of benzene rings is 2. The number of aryl methyl sites for hydroxylation is 1. The Morgan fingerprint density at radius 3 is 2.38 bits per heavy atom. The Labute approximate surface area is 141 Å². The van der Waals surface area contributed by atoms with Crippen LogP contribution < -0.4 is 14.3 Å². The monoisotopic (exact) mass is 346 g/mol. The van der Waals surface area contributed by atoms with Gasteiger partial charge in [-0.3, -0.25) is 4.79 Å². The Kier molecular flexibility index (Phi) is 4.35. The van der Waals surface area contributed by atoms with Crippen molar-refractivity contribution in [3.8, 4) is 11.5 Å². The van der Waals surface area contributed by atoms with E-state index in [1.165, 1.54) is 35.6 Å². The zero-order valence-corrected chi connectivity index (χ0v) is 14.2. The number of fused-ring (bicyclic) bond motifs is 1. The molecule has 124 valence electrons. The normalized spacial score (nSPS) is 11.8. The lowest BCUT2D eigenvalue weighted by atomic mass is 10.2. The van der Waals surface area contributed by atoms with Gasteiger partial charge in [-0.25, -0.2) is 4.39 Å². The highest BCUT2D eigenvalue weighted by Crippen LogP contribution is 2.33. The number of amides is 1. The Hall–Kier alpha value is -2.67. The summed E-state index contributed by atoms with van der Waals surface area (Å²) in [5.74, 6) is 0.410. The standard InChI is InChI=1S/C17H15FN2O3S/c1-20-12-8-13(22-2)14(23-3)9-15(12)24-17(20)19-16(21)10-4-6-11(18)7-5-10/h4-9H,1-3H3. The van der Waals surface area contributed by atoms with Crippen LogP contribution in [-0.4, -0.2) is 24.7 Å². The van der Waals surface area contributed by atoms with Crippen molar-refractivity contribution < 1.29 is 18.7 Å². The number of hydrogen-bond acceptors (Lipinski definition) is 4. The Balaban J connectivity index is 2.10. The predicted octanol–water partition coefficient (Wildman–Crippen LogP) is 3.14. The summed E-state index contributed by atoms with van der Waals surface area (Å²) >= 11 is 1.36. The number of carbonyl (C=O) groups is 1. The van der Waals surface area contributed by atoms with Crippen molar-refractivity contribution in [2.45, 2.75) is 0 Å². The van der Waals surface area contributed by atoms with Crippen molar-refractivity contribution in [3.63, 3.8) is 0 Å². The Bertz CT molecular complexity index is 974. The lowest BCUT2D eigenvalue weighted by molar-refractivity contribution is 0.0998. The van der Waals surface area contributed by atoms with Gasteiger partial charge in [0, 0.05) is 24.7 Å². The minimum atomic E-state index is -0.420. The molecule has 0 bridgehead atoms. The van der Waals surface area contributed by atoms with E-state index in [2.05, 4.69) is 4.99 Å². The van der Waals surface area contributed by atoms with E-state index in [-0.39, 0.29) is 0 Å². The van der Waals surface area contributed by atoms with Gasteiger partial charge in [0.15, 0.2) is 16.3 Å². The van der Waals surface area contributed by atoms with E-state index in [1.54, 1.807) is 14.2 Å². The molecule has 0 aliphatic heterocycles. The largest absolute Gasteiger partial charge is 0.493 e. The maximum Gasteiger partial charge on any atom is 0.279 e. The highest BCUT2D eigenvalue weighted by atomic mass is 32.1. The van der Waals surface area contributed by atoms with Gasteiger partial charge in [-0.15, -0.1) is 0 Å². The van der Waals surface area contributed by atoms with Crippen molar-refractivity contribution in [2.24, 2.45) is 12.0 Å². The molecule has 0 aliphatic rings. The van der Waals surface area contributed by atoms with E-state index < -0.39 is 11.7 Å². The van der Waals surface area contributed by atoms with Crippen molar-refractivity contribution in [3.05, 3.63) is 52.6 Å². The average Bonchev–Trinajstić information content (AvgIpc) is 2.89. The molecule has 0 aliphatic carbocycles. The first-order valence-corrected chi connectivity index (χ1v) is 7.91. The Morgan fingerprint density at radius 1 is 1.12 bits per heavy atom. The zero-order valence-electron chi connectivity index (χ0n) is 13.4. The summed E-state index contributed by atoms with van der Waals surface area (Å²) in [4.78, 5) is 16.9. The van der Waals surface area contributed by atoms with Crippen LogP contribution in [0.5, 0.6) is 11.5 Å². The molecule has 0 fully saturated rings. The average molecular weight is 346 g/mol. The molecule has 1 amide bonds. The molecule has 3 aromatic rings. The number of ether oxygens (including phenoxy) is 2. The van der Waals surface area contributed by atoms with Crippen molar-refractivity contribution >= 4 is 27.5 Å². The van der Waals surface area contributed by atoms with E-state index in [1.807, 2.05) is 23.7 Å². The van der Waals surface area contributed by atoms with Crippen LogP contribution in [0, 0.1) is 5.82 Å². The molecule has 0 saturated heterocycles. The molecular weight excluding hydrogens is 331 g/mol. The number of halogens is 1. The van der Waals surface area contributed by atoms with Crippen LogP contribution in [0.25, 0.3) is 10.2 Å². The van der Waals surface area contributed by atoms with Gasteiger partial charge in [0.2, 0.25) is 0 Å². The summed E-state index contributed by atoms with van der Waals surface area (Å²) in [6, 6.07) is 9.00. The SMILES string of the molecule is COc1cc2sc(=NC(=O)c3ccc(F)cc3)n(C)c2cc1OC. The lowest BCUT2D eigenvalue weighted by Crippen LogP contribution is -2.13. The van der Waals surface area contributed by atoms with Crippen LogP contribution in [0.15, 0.2) is 41.4 Å². The first kappa shape index (κ1) is 16.2. The van der Waals surface area contributed by atoms with Gasteiger partial charge in [-0.1, -0.05) is 11.3 Å². The van der Waals surface area contributed by atoms with Crippen LogP contribution in [-0.2, 0) is 7.05 Å². The second-order valence-electron chi connectivity index (χ2n) is 5.04. The molecule has 0 radical (unpaired) electrons. The molecule has 0 N–H and O–H groups in total. The predicted molar refractivity (Wildman–Crippen MR) is 90.2 cm³/mol. The molecule has 0 atom stereocenters. The molecular formula is C17H15FN2O3S. The molecule has 2 aromatic carbocycles. The van der Waals surface area contributed by atoms with Crippen molar-refractivity contribution in [1.82, 2.24) is 4.57 Å². The van der Waals surface area contributed by atoms with Gasteiger partial charge < -0.3 is 14.0 Å². The molecule has 0 spiro atoms. The first-order valence-electron chi connectivity index (χ1n) is 7.09. The summed E-state index contributed by atoms with van der Waals surface area (Å²) in [5.41, 5.74) is 1.22. The van der Waals surface area contributed by atoms with Gasteiger partial charge in [0.05, 0.1) is 24.4 Å². The van der Waals surface area contributed by atoms with Crippen LogP contribution in [0.1, 0.15) is 10.4 Å². The van der Waals surface area contributed by atoms with Crippen LogP contribution in [0.2, 0.25) is 0 Å². The number of carbonyl (C=O) groups excluding carboxylic acids is 1. The smallest absolute Gasteiger partial charge is 0.279 e. The van der Waals surface area contributed by atoms with E-state index in [4.69, 9.17) is 9.47 Å². The molecule has 1 aromatic heterocycles. The third-order valence-electron chi connectivity index (χ3n) is 3.60. The second-order valence-corrected chi connectivity index (χ2v) is 6.05. The fourth-order valence-corrected chi connectivity index (χ4v) is 3.33. The number of hydrogen-bond donors (Lipinski definition) is 0. The van der Waals surface area contributed by atoms with Crippen molar-refractivity contribution in [1.29, 1.82) is 0 Å². The maximum absolute atomic E-state index is 13.0. The third kappa shape index (κ3) is 2.90. The second kappa shape index (κ2) is 6.45. The van der Waals surface area contributed by atoms with Gasteiger partial charge >= 0.3 is 0 Å². The Morgan fingerprint density at radius 2 is 1.75 bits per heavy atom. The summed E-state index contributed by atoms with van der Waals surface area (Å²) in [6.45, 7) is 0. The number of nitrogens with zero attached hydrogens (tertiary/aromatic N) is 2. The van der Waals surface area contributed by atoms with Crippen LogP contribution in [0.3, 0.4) is 0 Å². The van der Waals surface area contributed by atoms with Gasteiger partial charge in [-0.05, 0) is 24.3 Å². The van der Waals surface area contributed by atoms with E-state index in [9.17, 15) is 9.18 Å². The molecule has 0 unspecified atom stereocenters. The van der Waals surface area contributed by atoms with Gasteiger partial charge in [0.25, 0.3) is 5.91 Å². The highest BCUT2D eigenvalue weighted by Gasteiger charge is 2.12. The van der Waals surface area contributed by atoms with Crippen molar-refractivity contribution in [2.75, 3.05) is 14.2 Å². The van der Waals surface area contributed by atoms with E-state index in [0.29, 0.717) is 21.9 Å². The summed E-state index contributed by atoms with van der Waals surface area (Å²) in [7, 11) is 4.96. The highest BCUT2D eigenvalue weighted by molar-refractivity contribution is 7.16. The number of thiazole rings is 1. The topological polar surface area (TPSA) is 52.8 Å². The van der Waals surface area contributed by atoms with Crippen LogP contribution in [0.4, 0.5) is 4.39 Å². The zero-order chi connectivity index (χ0) is 17.3. The minimum absolute atomic E-state index is 0.337. The molecule has 3 rings (SSSR count). The van der Waals surface area contributed by atoms with E-state index >= 15 is 0 Å². The fraction of sp³-hybridized carbons (Fsp3) is 0.176. The number of methoxy groups -OCH3 is 2. The molecule has 5 nitrogen and oxygen atoms in total. The van der Waals surface area contributed by atoms with Gasteiger partial charge in [0.1, 0.15) is 5.82 Å². The third-order valence-corrected chi connectivity index (χ3v) is 4.70. The number of rotatable bonds is 3. The number of aromatic nitrogens is 1. The molecule has 1 heterocycles. The summed E-state index contributed by atoms with van der Waals surface area (Å²) in [5, 5.41) is 0. The van der Waals surface area contributed by atoms with Crippen LogP contribution >= 0.6 is 11.3 Å². The molecule has 0 saturated carbocycles. The fourth-order valence-electron chi connectivity index (χ4n) is 2.31. The summed E-state index contributed by atoms with van der Waals surface area (Å²) < 4.78 is 26.3. The quantitative estimate of drug-likeness (QED) is 0.732. The molecule has 7 heteroatoms. The lowest BCUT2D eigenvalue weighted by Gasteiger charge is -2.07. The van der Waals surface area contributed by atoms with E-state index in [0.717, 1.165) is 10.2 Å². The first-order chi connectivity index (χ1) is 11.5. The summed E-state index contributed by atoms with van der Waals surface area (Å²) in [6.07, 6.45) is 0. The van der Waals surface area contributed by atoms with Gasteiger partial charge in [-0.2, -0.15) is 4.99 Å².